The third kappa shape index (κ3) is 11.7. The number of hydrogen-bond donors (Lipinski definition) is 0. The molecule has 2 aliphatic carbocycles. The molecule has 0 spiro atoms. The summed E-state index contributed by atoms with van der Waals surface area (Å²) in [4.78, 5) is 69.7. The molecule has 2 saturated carbocycles. The van der Waals surface area contributed by atoms with Crippen LogP contribution in [-0.2, 0) is 41.9 Å². The van der Waals surface area contributed by atoms with Crippen molar-refractivity contribution >= 4 is 52.2 Å². The summed E-state index contributed by atoms with van der Waals surface area (Å²) < 4.78 is 10.9. The number of carbonyl (C=O) groups excluding carboxylic acids is 4. The third-order valence-electron chi connectivity index (χ3n) is 10.1. The van der Waals surface area contributed by atoms with Crippen LogP contribution in [0.2, 0.25) is 0 Å². The van der Waals surface area contributed by atoms with Crippen LogP contribution in [0.4, 0.5) is 9.59 Å². The summed E-state index contributed by atoms with van der Waals surface area (Å²) >= 11 is 0. The summed E-state index contributed by atoms with van der Waals surface area (Å²) in [6.07, 6.45) is 6.32. The Hall–Kier alpha value is -4.69. The van der Waals surface area contributed by atoms with Crippen LogP contribution in [-0.4, -0.2) is 54.1 Å². The smallest absolute Gasteiger partial charge is 0.428 e. The quantitative estimate of drug-likeness (QED) is 0.0817. The lowest BCUT2D eigenvalue weighted by Crippen LogP contribution is -2.33. The van der Waals surface area contributed by atoms with Gasteiger partial charge in [0, 0.05) is 0 Å². The Morgan fingerprint density at radius 3 is 1.26 bits per heavy atom. The minimum atomic E-state index is -1.40. The monoisotopic (exact) mass is 758 g/mol. The van der Waals surface area contributed by atoms with Gasteiger partial charge < -0.3 is 9.47 Å². The summed E-state index contributed by atoms with van der Waals surface area (Å²) in [5.41, 5.74) is 9.87. The van der Waals surface area contributed by atoms with Crippen molar-refractivity contribution in [1.29, 1.82) is 0 Å². The zero-order valence-corrected chi connectivity index (χ0v) is 32.8. The number of hydrogen-bond acceptors (Lipinski definition) is 10. The summed E-state index contributed by atoms with van der Waals surface area (Å²) in [7, 11) is -2.80. The maximum Gasteiger partial charge on any atom is 0.550 e. The van der Waals surface area contributed by atoms with E-state index in [9.17, 15) is 19.2 Å². The molecule has 0 atom stereocenters. The SMILES string of the molecule is C=C[Si](C=C)c1cc(CC)ccc1C(=O)OOC(=O)OC1CCC(CC2CCC(OC(=O)OOC(=O)c3ccc(CC)cc3[Si](C=C)C=C)CC2)CC1. The van der Waals surface area contributed by atoms with Crippen LogP contribution in [0.25, 0.3) is 0 Å². The van der Waals surface area contributed by atoms with Crippen LogP contribution >= 0.6 is 0 Å². The molecule has 4 rings (SSSR count). The molecule has 0 aromatic heterocycles. The van der Waals surface area contributed by atoms with E-state index < -0.39 is 41.8 Å². The van der Waals surface area contributed by atoms with Crippen LogP contribution < -0.4 is 10.4 Å². The van der Waals surface area contributed by atoms with Crippen molar-refractivity contribution in [2.45, 2.75) is 96.7 Å². The average molecular weight is 759 g/mol. The number of carbonyl (C=O) groups is 4. The topological polar surface area (TPSA) is 124 Å². The molecule has 2 radical (unpaired) electrons. The van der Waals surface area contributed by atoms with Gasteiger partial charge in [-0.15, -0.1) is 26.3 Å². The van der Waals surface area contributed by atoms with Crippen LogP contribution in [0.3, 0.4) is 0 Å². The zero-order valence-electron chi connectivity index (χ0n) is 30.8. The van der Waals surface area contributed by atoms with E-state index in [4.69, 9.17) is 29.0 Å². The highest BCUT2D eigenvalue weighted by Gasteiger charge is 2.31. The molecule has 10 nitrogen and oxygen atoms in total. The molecule has 2 aliphatic rings. The second-order valence-electron chi connectivity index (χ2n) is 13.4. The molecular weight excluding hydrogens is 709 g/mol. The van der Waals surface area contributed by atoms with Crippen molar-refractivity contribution in [2.75, 3.05) is 0 Å². The lowest BCUT2D eigenvalue weighted by Gasteiger charge is -2.33. The predicted octanol–water partition coefficient (Wildman–Crippen LogP) is 7.77. The van der Waals surface area contributed by atoms with E-state index in [2.05, 4.69) is 26.3 Å². The molecule has 2 fully saturated rings. The van der Waals surface area contributed by atoms with Crippen molar-refractivity contribution in [3.8, 4) is 0 Å². The Labute approximate surface area is 315 Å². The van der Waals surface area contributed by atoms with Gasteiger partial charge in [-0.3, -0.25) is 0 Å². The minimum Gasteiger partial charge on any atom is -0.428 e. The van der Waals surface area contributed by atoms with E-state index in [1.165, 1.54) is 0 Å². The summed E-state index contributed by atoms with van der Waals surface area (Å²) in [6, 6.07) is 10.9. The van der Waals surface area contributed by atoms with Crippen LogP contribution in [0.5, 0.6) is 0 Å². The van der Waals surface area contributed by atoms with Crippen molar-refractivity contribution in [1.82, 2.24) is 0 Å². The second kappa shape index (κ2) is 20.5. The molecule has 0 unspecified atom stereocenters. The normalized spacial score (nSPS) is 19.7. The van der Waals surface area contributed by atoms with E-state index in [-0.39, 0.29) is 12.2 Å². The second-order valence-corrected chi connectivity index (χ2v) is 17.9. The molecule has 0 amide bonds. The standard InChI is InChI=1S/C41H50O10Si2/c1-7-28-17-23-34(36(26-28)52(9-3)10-4)38(42)48-50-40(44)46-32-19-13-30(14-20-32)25-31-15-21-33(22-16-31)47-41(45)51-49-39(43)35-24-18-29(8-2)27-37(35)53(11-5)12-6/h9-12,17-18,23-24,26-27,30-33H,3-8,13-16,19-22,25H2,1-2H3. The Kier molecular flexibility index (Phi) is 15.9. The van der Waals surface area contributed by atoms with Crippen LogP contribution in [0.15, 0.2) is 85.5 Å². The molecular formula is C41H50O10Si2. The first-order chi connectivity index (χ1) is 25.6. The van der Waals surface area contributed by atoms with Crippen molar-refractivity contribution in [3.05, 3.63) is 108 Å². The highest BCUT2D eigenvalue weighted by molar-refractivity contribution is 6.83. The Morgan fingerprint density at radius 1 is 0.585 bits per heavy atom. The fraction of sp³-hybridized carbons (Fsp3) is 0.415. The molecule has 53 heavy (non-hydrogen) atoms. The number of benzene rings is 2. The summed E-state index contributed by atoms with van der Waals surface area (Å²) in [6.45, 7) is 19.5. The van der Waals surface area contributed by atoms with Crippen molar-refractivity contribution < 1.29 is 48.2 Å². The van der Waals surface area contributed by atoms with Gasteiger partial charge in [0.05, 0.1) is 11.1 Å². The van der Waals surface area contributed by atoms with Gasteiger partial charge in [0.1, 0.15) is 29.8 Å². The van der Waals surface area contributed by atoms with Gasteiger partial charge in [0.15, 0.2) is 0 Å². The first-order valence-electron chi connectivity index (χ1n) is 18.3. The fourth-order valence-corrected chi connectivity index (χ4v) is 9.96. The van der Waals surface area contributed by atoms with E-state index in [1.54, 1.807) is 34.9 Å². The zero-order chi connectivity index (χ0) is 38.3. The van der Waals surface area contributed by atoms with Crippen molar-refractivity contribution in [2.24, 2.45) is 11.8 Å². The Morgan fingerprint density at radius 2 is 0.943 bits per heavy atom. The molecule has 0 heterocycles. The first-order valence-corrected chi connectivity index (χ1v) is 21.6. The number of aryl methyl sites for hydroxylation is 2. The third-order valence-corrected chi connectivity index (χ3v) is 13.9. The lowest BCUT2D eigenvalue weighted by atomic mass is 9.76. The fourth-order valence-electron chi connectivity index (χ4n) is 7.05. The molecule has 2 aromatic carbocycles. The largest absolute Gasteiger partial charge is 0.550 e. The van der Waals surface area contributed by atoms with Gasteiger partial charge in [-0.25, -0.2) is 29.1 Å². The van der Waals surface area contributed by atoms with Gasteiger partial charge in [-0.2, -0.15) is 9.59 Å². The van der Waals surface area contributed by atoms with Gasteiger partial charge >= 0.3 is 24.2 Å². The van der Waals surface area contributed by atoms with Gasteiger partial charge in [0.2, 0.25) is 0 Å². The molecule has 0 aliphatic heterocycles. The predicted molar refractivity (Wildman–Crippen MR) is 205 cm³/mol. The maximum atomic E-state index is 12.8. The molecule has 0 bridgehead atoms. The highest BCUT2D eigenvalue weighted by Crippen LogP contribution is 2.37. The molecule has 12 heteroatoms. The molecule has 0 saturated heterocycles. The van der Waals surface area contributed by atoms with E-state index >= 15 is 0 Å². The average Bonchev–Trinajstić information content (AvgIpc) is 3.18. The summed E-state index contributed by atoms with van der Waals surface area (Å²) in [5, 5.41) is 1.55. The van der Waals surface area contributed by atoms with Gasteiger partial charge in [0.25, 0.3) is 0 Å². The van der Waals surface area contributed by atoms with Gasteiger partial charge in [-0.1, -0.05) is 60.9 Å². The Bertz CT molecular complexity index is 1500. The number of ether oxygens (including phenoxy) is 2. The molecule has 282 valence electrons. The van der Waals surface area contributed by atoms with E-state index in [1.807, 2.05) is 38.1 Å². The molecule has 2 aromatic rings. The number of rotatable bonds is 14. The summed E-state index contributed by atoms with van der Waals surface area (Å²) in [5.74, 6) is -0.564. The van der Waals surface area contributed by atoms with E-state index in [0.29, 0.717) is 48.6 Å². The first kappa shape index (κ1) is 41.1. The maximum absolute atomic E-state index is 12.8. The highest BCUT2D eigenvalue weighted by atomic mass is 28.3. The van der Waals surface area contributed by atoms with Gasteiger partial charge in [-0.05, 0) is 116 Å². The van der Waals surface area contributed by atoms with E-state index in [0.717, 1.165) is 66.4 Å². The van der Waals surface area contributed by atoms with Crippen LogP contribution in [0, 0.1) is 11.8 Å². The molecule has 0 N–H and O–H groups in total. The van der Waals surface area contributed by atoms with Crippen LogP contribution in [0.1, 0.15) is 103 Å². The Balaban J connectivity index is 1.13. The van der Waals surface area contributed by atoms with Crippen molar-refractivity contribution in [3.63, 3.8) is 0 Å². The lowest BCUT2D eigenvalue weighted by molar-refractivity contribution is -0.208. The minimum absolute atomic E-state index is 0.306.